The van der Waals surface area contributed by atoms with Crippen molar-refractivity contribution in [3.05, 3.63) is 0 Å². The van der Waals surface area contributed by atoms with Gasteiger partial charge in [-0.3, -0.25) is 0 Å². The Balaban J connectivity index is 2.21. The van der Waals surface area contributed by atoms with Gasteiger partial charge < -0.3 is 9.47 Å². The maximum absolute atomic E-state index is 10.8. The Morgan fingerprint density at radius 1 is 1.33 bits per heavy atom. The maximum atomic E-state index is 10.8. The molecule has 0 aliphatic heterocycles. The molecule has 0 radical (unpaired) electrons. The van der Waals surface area contributed by atoms with E-state index in [0.29, 0.717) is 0 Å². The summed E-state index contributed by atoms with van der Waals surface area (Å²) in [5, 5.41) is 0. The number of hydrogen-bond acceptors (Lipinski definition) is 4. The molecule has 0 amide bonds. The second kappa shape index (κ2) is 4.09. The lowest BCUT2D eigenvalue weighted by Crippen LogP contribution is -2.30. The molecule has 0 unspecified atom stereocenters. The molecule has 1 fully saturated rings. The van der Waals surface area contributed by atoms with Gasteiger partial charge in [0.25, 0.3) is 0 Å². The summed E-state index contributed by atoms with van der Waals surface area (Å²) in [6.45, 7) is 1.85. The van der Waals surface area contributed by atoms with Crippen LogP contribution in [-0.2, 0) is 19.1 Å². The minimum Gasteiger partial charge on any atom is -0.458 e. The van der Waals surface area contributed by atoms with Crippen molar-refractivity contribution in [3.8, 4) is 0 Å². The summed E-state index contributed by atoms with van der Waals surface area (Å²) in [6.07, 6.45) is 2.75. The SMILES string of the molecule is CCOC(=O)C(=O)OC1CCC1. The smallest absolute Gasteiger partial charge is 0.417 e. The van der Waals surface area contributed by atoms with E-state index in [0.717, 1.165) is 19.3 Å². The fraction of sp³-hybridized carbons (Fsp3) is 0.750. The average molecular weight is 172 g/mol. The van der Waals surface area contributed by atoms with Crippen LogP contribution in [0.5, 0.6) is 0 Å². The number of carbonyl (C=O) groups excluding carboxylic acids is 2. The third kappa shape index (κ3) is 2.22. The maximum Gasteiger partial charge on any atom is 0.417 e. The van der Waals surface area contributed by atoms with Crippen LogP contribution in [0.4, 0.5) is 0 Å². The summed E-state index contributed by atoms with van der Waals surface area (Å²) in [5.74, 6) is -1.74. The van der Waals surface area contributed by atoms with Gasteiger partial charge in [-0.25, -0.2) is 9.59 Å². The highest BCUT2D eigenvalue weighted by molar-refractivity contribution is 6.29. The molecule has 1 rings (SSSR count). The van der Waals surface area contributed by atoms with Gasteiger partial charge in [-0.1, -0.05) is 0 Å². The lowest BCUT2D eigenvalue weighted by atomic mass is 9.96. The molecule has 0 aromatic heterocycles. The predicted octanol–water partition coefficient (Wildman–Crippen LogP) is 0.645. The van der Waals surface area contributed by atoms with Crippen molar-refractivity contribution in [3.63, 3.8) is 0 Å². The molecule has 0 saturated heterocycles. The topological polar surface area (TPSA) is 52.6 Å². The Bertz CT molecular complexity index is 183. The van der Waals surface area contributed by atoms with Crippen LogP contribution in [0.2, 0.25) is 0 Å². The highest BCUT2D eigenvalue weighted by Gasteiger charge is 2.26. The van der Waals surface area contributed by atoms with Gasteiger partial charge in [-0.2, -0.15) is 0 Å². The Labute approximate surface area is 70.8 Å². The third-order valence-electron chi connectivity index (χ3n) is 1.77. The Morgan fingerprint density at radius 3 is 2.42 bits per heavy atom. The molecular weight excluding hydrogens is 160 g/mol. The van der Waals surface area contributed by atoms with Gasteiger partial charge in [0.2, 0.25) is 0 Å². The third-order valence-corrected chi connectivity index (χ3v) is 1.77. The van der Waals surface area contributed by atoms with Gasteiger partial charge in [0.1, 0.15) is 6.10 Å². The average Bonchev–Trinajstić information content (AvgIpc) is 1.97. The summed E-state index contributed by atoms with van der Waals surface area (Å²) in [7, 11) is 0. The summed E-state index contributed by atoms with van der Waals surface area (Å²) in [4.78, 5) is 21.6. The molecule has 0 atom stereocenters. The highest BCUT2D eigenvalue weighted by atomic mass is 16.6. The molecule has 1 aliphatic carbocycles. The number of ether oxygens (including phenoxy) is 2. The lowest BCUT2D eigenvalue weighted by molar-refractivity contribution is -0.173. The summed E-state index contributed by atoms with van der Waals surface area (Å²) >= 11 is 0. The number of carbonyl (C=O) groups is 2. The van der Waals surface area contributed by atoms with Crippen molar-refractivity contribution in [2.75, 3.05) is 6.61 Å². The lowest BCUT2D eigenvalue weighted by Gasteiger charge is -2.24. The van der Waals surface area contributed by atoms with E-state index in [-0.39, 0.29) is 12.7 Å². The Hall–Kier alpha value is -1.06. The zero-order valence-corrected chi connectivity index (χ0v) is 7.04. The normalized spacial score (nSPS) is 16.4. The summed E-state index contributed by atoms with van der Waals surface area (Å²) in [5.41, 5.74) is 0. The molecule has 1 aliphatic rings. The van der Waals surface area contributed by atoms with E-state index in [2.05, 4.69) is 4.74 Å². The molecule has 4 nitrogen and oxygen atoms in total. The Morgan fingerprint density at radius 2 is 2.00 bits per heavy atom. The molecular formula is C8H12O4. The highest BCUT2D eigenvalue weighted by Crippen LogP contribution is 2.21. The first-order valence-electron chi connectivity index (χ1n) is 4.11. The van der Waals surface area contributed by atoms with Gasteiger partial charge >= 0.3 is 11.9 Å². The van der Waals surface area contributed by atoms with E-state index in [1.54, 1.807) is 6.92 Å². The van der Waals surface area contributed by atoms with E-state index in [1.165, 1.54) is 0 Å². The molecule has 68 valence electrons. The monoisotopic (exact) mass is 172 g/mol. The number of hydrogen-bond donors (Lipinski definition) is 0. The van der Waals surface area contributed by atoms with Crippen LogP contribution in [-0.4, -0.2) is 24.6 Å². The van der Waals surface area contributed by atoms with Crippen molar-refractivity contribution in [2.24, 2.45) is 0 Å². The molecule has 1 saturated carbocycles. The number of esters is 2. The standard InChI is InChI=1S/C8H12O4/c1-2-11-7(9)8(10)12-6-4-3-5-6/h6H,2-5H2,1H3. The largest absolute Gasteiger partial charge is 0.458 e. The number of rotatable bonds is 2. The van der Waals surface area contributed by atoms with Crippen molar-refractivity contribution in [2.45, 2.75) is 32.3 Å². The minimum absolute atomic E-state index is 0.0538. The van der Waals surface area contributed by atoms with Gasteiger partial charge in [0.05, 0.1) is 6.61 Å². The van der Waals surface area contributed by atoms with Gasteiger partial charge in [0, 0.05) is 0 Å². The second-order valence-corrected chi connectivity index (χ2v) is 2.68. The molecule has 0 spiro atoms. The van der Waals surface area contributed by atoms with Crippen LogP contribution in [0.1, 0.15) is 26.2 Å². The zero-order chi connectivity index (χ0) is 8.97. The van der Waals surface area contributed by atoms with Crippen LogP contribution >= 0.6 is 0 Å². The predicted molar refractivity (Wildman–Crippen MR) is 40.4 cm³/mol. The molecule has 12 heavy (non-hydrogen) atoms. The van der Waals surface area contributed by atoms with Crippen LogP contribution in [0.3, 0.4) is 0 Å². The summed E-state index contributed by atoms with van der Waals surface area (Å²) in [6, 6.07) is 0. The van der Waals surface area contributed by atoms with Crippen molar-refractivity contribution < 1.29 is 19.1 Å². The van der Waals surface area contributed by atoms with Crippen LogP contribution in [0.25, 0.3) is 0 Å². The molecule has 0 aromatic rings. The van der Waals surface area contributed by atoms with E-state index < -0.39 is 11.9 Å². The minimum atomic E-state index is -0.885. The van der Waals surface area contributed by atoms with E-state index in [1.807, 2.05) is 0 Å². The second-order valence-electron chi connectivity index (χ2n) is 2.68. The van der Waals surface area contributed by atoms with E-state index in [4.69, 9.17) is 4.74 Å². The van der Waals surface area contributed by atoms with Crippen LogP contribution in [0, 0.1) is 0 Å². The first-order chi connectivity index (χ1) is 5.74. The van der Waals surface area contributed by atoms with Crippen molar-refractivity contribution in [1.82, 2.24) is 0 Å². The van der Waals surface area contributed by atoms with E-state index in [9.17, 15) is 9.59 Å². The van der Waals surface area contributed by atoms with Crippen LogP contribution < -0.4 is 0 Å². The fourth-order valence-electron chi connectivity index (χ4n) is 0.878. The zero-order valence-electron chi connectivity index (χ0n) is 7.04. The van der Waals surface area contributed by atoms with Gasteiger partial charge in [0.15, 0.2) is 0 Å². The first kappa shape index (κ1) is 9.03. The van der Waals surface area contributed by atoms with Crippen molar-refractivity contribution in [1.29, 1.82) is 0 Å². The van der Waals surface area contributed by atoms with Gasteiger partial charge in [-0.05, 0) is 26.2 Å². The fourth-order valence-corrected chi connectivity index (χ4v) is 0.878. The van der Waals surface area contributed by atoms with Crippen molar-refractivity contribution >= 4 is 11.9 Å². The molecule has 0 bridgehead atoms. The quantitative estimate of drug-likeness (QED) is 0.453. The first-order valence-corrected chi connectivity index (χ1v) is 4.11. The molecule has 0 heterocycles. The molecule has 0 N–H and O–H groups in total. The van der Waals surface area contributed by atoms with Gasteiger partial charge in [-0.15, -0.1) is 0 Å². The Kier molecular flexibility index (Phi) is 3.08. The van der Waals surface area contributed by atoms with Crippen LogP contribution in [0.15, 0.2) is 0 Å². The van der Waals surface area contributed by atoms with E-state index >= 15 is 0 Å². The molecule has 0 aromatic carbocycles. The summed E-state index contributed by atoms with van der Waals surface area (Å²) < 4.78 is 9.25. The molecule has 4 heteroatoms.